The maximum Gasteiger partial charge on any atom is 0.119 e. The van der Waals surface area contributed by atoms with Crippen LogP contribution >= 0.6 is 11.8 Å². The van der Waals surface area contributed by atoms with Crippen molar-refractivity contribution < 1.29 is 9.84 Å². The molecule has 0 amide bonds. The van der Waals surface area contributed by atoms with Crippen LogP contribution < -0.4 is 4.74 Å². The van der Waals surface area contributed by atoms with Gasteiger partial charge in [-0.25, -0.2) is 0 Å². The molecule has 0 aromatic heterocycles. The molecular formula is C13H18O2S. The third kappa shape index (κ3) is 2.20. The number of aliphatic hydroxyl groups is 1. The number of rotatable bonds is 3. The number of fused-ring (bicyclic) bond motifs is 1. The maximum atomic E-state index is 10.2. The monoisotopic (exact) mass is 238 g/mol. The largest absolute Gasteiger partial charge is 0.494 e. The zero-order valence-corrected chi connectivity index (χ0v) is 10.6. The average Bonchev–Trinajstić information content (AvgIpc) is 2.31. The molecule has 2 rings (SSSR count). The highest BCUT2D eigenvalue weighted by atomic mass is 32.2. The molecule has 0 aliphatic carbocycles. The van der Waals surface area contributed by atoms with Crippen LogP contribution in [0.4, 0.5) is 0 Å². The van der Waals surface area contributed by atoms with E-state index in [1.54, 1.807) is 0 Å². The third-order valence-corrected chi connectivity index (χ3v) is 4.45. The van der Waals surface area contributed by atoms with Crippen molar-refractivity contribution in [2.75, 3.05) is 6.61 Å². The lowest BCUT2D eigenvalue weighted by molar-refractivity contribution is 0.169. The van der Waals surface area contributed by atoms with E-state index >= 15 is 0 Å². The number of ether oxygens (including phenoxy) is 1. The first-order valence-electron chi connectivity index (χ1n) is 5.81. The molecule has 1 N–H and O–H groups in total. The first-order valence-corrected chi connectivity index (χ1v) is 6.86. The van der Waals surface area contributed by atoms with Crippen molar-refractivity contribution in [3.63, 3.8) is 0 Å². The highest BCUT2D eigenvalue weighted by molar-refractivity contribution is 7.99. The maximum absolute atomic E-state index is 10.2. The second-order valence-corrected chi connectivity index (χ2v) is 5.22. The van der Waals surface area contributed by atoms with E-state index in [9.17, 15) is 5.11 Å². The lowest BCUT2D eigenvalue weighted by Gasteiger charge is -2.29. The molecular weight excluding hydrogens is 220 g/mol. The summed E-state index contributed by atoms with van der Waals surface area (Å²) in [5.41, 5.74) is 2.29. The van der Waals surface area contributed by atoms with E-state index in [-0.39, 0.29) is 6.10 Å². The Hall–Kier alpha value is -0.670. The SMILES string of the molecule is CCOc1ccc2c(c1)C(O)C(CC)SC2. The van der Waals surface area contributed by atoms with Gasteiger partial charge in [0.05, 0.1) is 12.7 Å². The quantitative estimate of drug-likeness (QED) is 0.877. The fourth-order valence-corrected chi connectivity index (χ4v) is 3.29. The lowest BCUT2D eigenvalue weighted by atomic mass is 9.99. The Morgan fingerprint density at radius 2 is 2.25 bits per heavy atom. The summed E-state index contributed by atoms with van der Waals surface area (Å²) < 4.78 is 5.47. The molecule has 0 saturated heterocycles. The summed E-state index contributed by atoms with van der Waals surface area (Å²) in [6.07, 6.45) is 0.656. The minimum atomic E-state index is -0.348. The Bertz CT molecular complexity index is 365. The van der Waals surface area contributed by atoms with Gasteiger partial charge in [-0.1, -0.05) is 13.0 Å². The van der Waals surface area contributed by atoms with Gasteiger partial charge in [-0.05, 0) is 36.6 Å². The number of aliphatic hydroxyl groups excluding tert-OH is 1. The van der Waals surface area contributed by atoms with Gasteiger partial charge < -0.3 is 9.84 Å². The molecule has 1 aliphatic heterocycles. The summed E-state index contributed by atoms with van der Waals surface area (Å²) in [4.78, 5) is 0. The van der Waals surface area contributed by atoms with E-state index in [1.807, 2.05) is 30.8 Å². The second-order valence-electron chi connectivity index (χ2n) is 4.00. The van der Waals surface area contributed by atoms with E-state index in [0.717, 1.165) is 23.5 Å². The van der Waals surface area contributed by atoms with Gasteiger partial charge in [-0.15, -0.1) is 0 Å². The standard InChI is InChI=1S/C13H18O2S/c1-3-12-13(14)11-7-10(15-4-2)6-5-9(11)8-16-12/h5-7,12-14H,3-4,8H2,1-2H3. The van der Waals surface area contributed by atoms with Gasteiger partial charge in [0.25, 0.3) is 0 Å². The molecule has 0 fully saturated rings. The summed E-state index contributed by atoms with van der Waals surface area (Å²) in [5, 5.41) is 10.6. The number of benzene rings is 1. The summed E-state index contributed by atoms with van der Waals surface area (Å²) in [6.45, 7) is 4.76. The van der Waals surface area contributed by atoms with E-state index in [2.05, 4.69) is 13.0 Å². The minimum Gasteiger partial charge on any atom is -0.494 e. The zero-order valence-electron chi connectivity index (χ0n) is 9.77. The van der Waals surface area contributed by atoms with Gasteiger partial charge in [-0.2, -0.15) is 11.8 Å². The Morgan fingerprint density at radius 3 is 2.94 bits per heavy atom. The van der Waals surface area contributed by atoms with Crippen molar-refractivity contribution in [1.82, 2.24) is 0 Å². The minimum absolute atomic E-state index is 0.323. The van der Waals surface area contributed by atoms with Crippen molar-refractivity contribution in [2.24, 2.45) is 0 Å². The topological polar surface area (TPSA) is 29.5 Å². The molecule has 3 heteroatoms. The van der Waals surface area contributed by atoms with Crippen LogP contribution in [0.2, 0.25) is 0 Å². The molecule has 1 aromatic carbocycles. The van der Waals surface area contributed by atoms with Crippen LogP contribution in [0.5, 0.6) is 5.75 Å². The summed E-state index contributed by atoms with van der Waals surface area (Å²) in [5.74, 6) is 1.86. The van der Waals surface area contributed by atoms with Crippen LogP contribution in [0.3, 0.4) is 0 Å². The highest BCUT2D eigenvalue weighted by Gasteiger charge is 2.27. The molecule has 2 unspecified atom stereocenters. The molecule has 1 aliphatic rings. The summed E-state index contributed by atoms with van der Waals surface area (Å²) in [6, 6.07) is 6.05. The Labute approximate surface area is 101 Å². The fourth-order valence-electron chi connectivity index (χ4n) is 2.07. The van der Waals surface area contributed by atoms with Gasteiger partial charge in [0.15, 0.2) is 0 Å². The van der Waals surface area contributed by atoms with Crippen LogP contribution in [-0.2, 0) is 5.75 Å². The Morgan fingerprint density at radius 1 is 1.44 bits per heavy atom. The molecule has 0 radical (unpaired) electrons. The van der Waals surface area contributed by atoms with Crippen molar-refractivity contribution in [3.05, 3.63) is 29.3 Å². The Balaban J connectivity index is 2.29. The fraction of sp³-hybridized carbons (Fsp3) is 0.538. The van der Waals surface area contributed by atoms with Crippen molar-refractivity contribution in [1.29, 1.82) is 0 Å². The lowest BCUT2D eigenvalue weighted by Crippen LogP contribution is -2.20. The number of thioether (sulfide) groups is 1. The molecule has 0 spiro atoms. The normalized spacial score (nSPS) is 23.9. The first-order chi connectivity index (χ1) is 7.76. The van der Waals surface area contributed by atoms with Crippen LogP contribution in [0.1, 0.15) is 37.5 Å². The second kappa shape index (κ2) is 5.11. The summed E-state index contributed by atoms with van der Waals surface area (Å²) in [7, 11) is 0. The van der Waals surface area contributed by atoms with Crippen LogP contribution in [0.15, 0.2) is 18.2 Å². The number of hydrogen-bond donors (Lipinski definition) is 1. The zero-order chi connectivity index (χ0) is 11.5. The van der Waals surface area contributed by atoms with Gasteiger partial charge >= 0.3 is 0 Å². The molecule has 1 heterocycles. The van der Waals surface area contributed by atoms with Crippen molar-refractivity contribution >= 4 is 11.8 Å². The van der Waals surface area contributed by atoms with Gasteiger partial charge in [0.1, 0.15) is 5.75 Å². The smallest absolute Gasteiger partial charge is 0.119 e. The van der Waals surface area contributed by atoms with Gasteiger partial charge in [-0.3, -0.25) is 0 Å². The van der Waals surface area contributed by atoms with Crippen molar-refractivity contribution in [2.45, 2.75) is 37.4 Å². The summed E-state index contributed by atoms with van der Waals surface area (Å²) >= 11 is 1.84. The highest BCUT2D eigenvalue weighted by Crippen LogP contribution is 2.40. The van der Waals surface area contributed by atoms with E-state index in [1.165, 1.54) is 5.56 Å². The van der Waals surface area contributed by atoms with Crippen LogP contribution in [-0.4, -0.2) is 17.0 Å². The third-order valence-electron chi connectivity index (χ3n) is 2.95. The molecule has 88 valence electrons. The van der Waals surface area contributed by atoms with Crippen LogP contribution in [0.25, 0.3) is 0 Å². The molecule has 2 atom stereocenters. The average molecular weight is 238 g/mol. The predicted molar refractivity (Wildman–Crippen MR) is 67.9 cm³/mol. The van der Waals surface area contributed by atoms with E-state index < -0.39 is 0 Å². The van der Waals surface area contributed by atoms with E-state index in [4.69, 9.17) is 4.74 Å². The molecule has 0 bridgehead atoms. The molecule has 0 saturated carbocycles. The molecule has 2 nitrogen and oxygen atoms in total. The predicted octanol–water partition coefficient (Wildman–Crippen LogP) is 3.14. The molecule has 1 aromatic rings. The van der Waals surface area contributed by atoms with Gasteiger partial charge in [0, 0.05) is 11.0 Å². The number of hydrogen-bond acceptors (Lipinski definition) is 3. The van der Waals surface area contributed by atoms with Gasteiger partial charge in [0.2, 0.25) is 0 Å². The van der Waals surface area contributed by atoms with Crippen molar-refractivity contribution in [3.8, 4) is 5.75 Å². The van der Waals surface area contributed by atoms with E-state index in [0.29, 0.717) is 11.9 Å². The van der Waals surface area contributed by atoms with Crippen LogP contribution in [0, 0.1) is 0 Å². The first kappa shape index (κ1) is 11.8. The molecule has 16 heavy (non-hydrogen) atoms. The Kier molecular flexibility index (Phi) is 3.77.